The first-order valence-electron chi connectivity index (χ1n) is 4.91. The fourth-order valence-electron chi connectivity index (χ4n) is 1.39. The van der Waals surface area contributed by atoms with Gasteiger partial charge in [0.2, 0.25) is 0 Å². The number of pyridine rings is 1. The van der Waals surface area contributed by atoms with E-state index in [0.29, 0.717) is 0 Å². The Kier molecular flexibility index (Phi) is 2.51. The topological polar surface area (TPSA) is 56.7 Å². The van der Waals surface area contributed by atoms with Gasteiger partial charge < -0.3 is 5.73 Å². The van der Waals surface area contributed by atoms with Crippen LogP contribution in [0.1, 0.15) is 24.2 Å². The number of nitrogens with two attached hydrogens (primary N) is 1. The molecule has 0 spiro atoms. The Bertz CT molecular complexity index is 459. The summed E-state index contributed by atoms with van der Waals surface area (Å²) in [4.78, 5) is 4.25. The van der Waals surface area contributed by atoms with Crippen LogP contribution in [0.4, 0.5) is 0 Å². The Hall–Kier alpha value is -1.68. The van der Waals surface area contributed by atoms with Gasteiger partial charge in [0.15, 0.2) is 5.82 Å². The fraction of sp³-hybridized carbons (Fsp3) is 0.273. The molecule has 2 aromatic rings. The number of aromatic nitrogens is 3. The summed E-state index contributed by atoms with van der Waals surface area (Å²) in [7, 11) is 0. The van der Waals surface area contributed by atoms with Crippen molar-refractivity contribution < 1.29 is 0 Å². The van der Waals surface area contributed by atoms with E-state index in [-0.39, 0.29) is 6.04 Å². The van der Waals surface area contributed by atoms with Crippen LogP contribution in [0, 0.1) is 6.92 Å². The Labute approximate surface area is 88.8 Å². The minimum Gasteiger partial charge on any atom is -0.324 e. The molecule has 0 saturated carbocycles. The first-order chi connectivity index (χ1) is 7.16. The third-order valence-corrected chi connectivity index (χ3v) is 2.25. The number of nitrogens with zero attached hydrogens (tertiary/aromatic N) is 3. The highest BCUT2D eigenvalue weighted by molar-refractivity contribution is 5.28. The lowest BCUT2D eigenvalue weighted by Gasteiger charge is -2.07. The quantitative estimate of drug-likeness (QED) is 0.804. The van der Waals surface area contributed by atoms with Crippen molar-refractivity contribution in [1.82, 2.24) is 14.8 Å². The molecule has 0 bridgehead atoms. The predicted molar refractivity (Wildman–Crippen MR) is 58.7 cm³/mol. The Morgan fingerprint density at radius 1 is 1.40 bits per heavy atom. The largest absolute Gasteiger partial charge is 0.324 e. The lowest BCUT2D eigenvalue weighted by atomic mass is 10.1. The van der Waals surface area contributed by atoms with Gasteiger partial charge in [-0.2, -0.15) is 5.10 Å². The van der Waals surface area contributed by atoms with E-state index in [1.54, 1.807) is 10.9 Å². The van der Waals surface area contributed by atoms with Gasteiger partial charge in [0.25, 0.3) is 0 Å². The molecular weight excluding hydrogens is 188 g/mol. The summed E-state index contributed by atoms with van der Waals surface area (Å²) >= 11 is 0. The molecule has 2 rings (SSSR count). The van der Waals surface area contributed by atoms with E-state index in [0.717, 1.165) is 17.1 Å². The van der Waals surface area contributed by atoms with E-state index in [1.807, 2.05) is 38.2 Å². The Morgan fingerprint density at radius 2 is 2.20 bits per heavy atom. The summed E-state index contributed by atoms with van der Waals surface area (Å²) in [5.41, 5.74) is 7.85. The molecule has 0 aliphatic rings. The van der Waals surface area contributed by atoms with Crippen LogP contribution in [0.25, 0.3) is 5.82 Å². The van der Waals surface area contributed by atoms with Gasteiger partial charge in [0.05, 0.1) is 5.69 Å². The second-order valence-corrected chi connectivity index (χ2v) is 3.64. The molecule has 0 amide bonds. The second-order valence-electron chi connectivity index (χ2n) is 3.64. The van der Waals surface area contributed by atoms with Gasteiger partial charge in [-0.05, 0) is 37.6 Å². The third kappa shape index (κ3) is 2.05. The van der Waals surface area contributed by atoms with Crippen molar-refractivity contribution in [2.45, 2.75) is 19.9 Å². The molecule has 0 aliphatic carbocycles. The lowest BCUT2D eigenvalue weighted by molar-refractivity contribution is 0.792. The molecular formula is C11H14N4. The first kappa shape index (κ1) is 9.86. The highest BCUT2D eigenvalue weighted by Gasteiger charge is 2.03. The zero-order valence-corrected chi connectivity index (χ0v) is 8.88. The van der Waals surface area contributed by atoms with Crippen LogP contribution in [-0.4, -0.2) is 14.8 Å². The third-order valence-electron chi connectivity index (χ3n) is 2.25. The highest BCUT2D eigenvalue weighted by atomic mass is 15.3. The standard InChI is InChI=1S/C11H14N4/c1-8-4-6-15(14-8)11-7-10(9(2)12)3-5-13-11/h3-7,9H,12H2,1-2H3/t9-/m0/s1. The summed E-state index contributed by atoms with van der Waals surface area (Å²) in [6.07, 6.45) is 3.65. The molecule has 0 saturated heterocycles. The molecule has 0 radical (unpaired) electrons. The SMILES string of the molecule is Cc1ccn(-c2cc([C@H](C)N)ccn2)n1. The van der Waals surface area contributed by atoms with Crippen molar-refractivity contribution >= 4 is 0 Å². The van der Waals surface area contributed by atoms with E-state index < -0.39 is 0 Å². The molecule has 2 aromatic heterocycles. The lowest BCUT2D eigenvalue weighted by Crippen LogP contribution is -2.07. The molecule has 2 N–H and O–H groups in total. The molecule has 0 unspecified atom stereocenters. The second kappa shape index (κ2) is 3.82. The Morgan fingerprint density at radius 3 is 2.80 bits per heavy atom. The molecule has 0 aromatic carbocycles. The molecule has 0 fully saturated rings. The van der Waals surface area contributed by atoms with E-state index in [9.17, 15) is 0 Å². The number of aryl methyl sites for hydroxylation is 1. The van der Waals surface area contributed by atoms with Gasteiger partial charge in [0.1, 0.15) is 0 Å². The van der Waals surface area contributed by atoms with Crippen molar-refractivity contribution in [3.63, 3.8) is 0 Å². The summed E-state index contributed by atoms with van der Waals surface area (Å²) in [5, 5.41) is 4.29. The van der Waals surface area contributed by atoms with Gasteiger partial charge in [0, 0.05) is 18.4 Å². The van der Waals surface area contributed by atoms with Gasteiger partial charge in [-0.3, -0.25) is 0 Å². The average molecular weight is 202 g/mol. The van der Waals surface area contributed by atoms with E-state index in [1.165, 1.54) is 0 Å². The number of hydrogen-bond acceptors (Lipinski definition) is 3. The van der Waals surface area contributed by atoms with E-state index in [2.05, 4.69) is 10.1 Å². The molecule has 78 valence electrons. The first-order valence-corrected chi connectivity index (χ1v) is 4.91. The van der Waals surface area contributed by atoms with Crippen molar-refractivity contribution in [3.05, 3.63) is 41.9 Å². The summed E-state index contributed by atoms with van der Waals surface area (Å²) in [6, 6.07) is 5.84. The van der Waals surface area contributed by atoms with Crippen LogP contribution in [0.15, 0.2) is 30.6 Å². The molecule has 2 heterocycles. The maximum Gasteiger partial charge on any atom is 0.153 e. The smallest absolute Gasteiger partial charge is 0.153 e. The van der Waals surface area contributed by atoms with E-state index >= 15 is 0 Å². The van der Waals surface area contributed by atoms with Crippen LogP contribution in [0.3, 0.4) is 0 Å². The minimum atomic E-state index is 0.0170. The van der Waals surface area contributed by atoms with Crippen LogP contribution in [-0.2, 0) is 0 Å². The maximum absolute atomic E-state index is 5.81. The van der Waals surface area contributed by atoms with Crippen molar-refractivity contribution in [2.75, 3.05) is 0 Å². The van der Waals surface area contributed by atoms with Crippen molar-refractivity contribution in [2.24, 2.45) is 5.73 Å². The van der Waals surface area contributed by atoms with Crippen LogP contribution in [0.2, 0.25) is 0 Å². The van der Waals surface area contributed by atoms with Gasteiger partial charge >= 0.3 is 0 Å². The monoisotopic (exact) mass is 202 g/mol. The maximum atomic E-state index is 5.81. The molecule has 15 heavy (non-hydrogen) atoms. The molecule has 4 nitrogen and oxygen atoms in total. The van der Waals surface area contributed by atoms with Crippen molar-refractivity contribution in [1.29, 1.82) is 0 Å². The van der Waals surface area contributed by atoms with Crippen LogP contribution >= 0.6 is 0 Å². The van der Waals surface area contributed by atoms with Crippen LogP contribution < -0.4 is 5.73 Å². The molecule has 4 heteroatoms. The zero-order valence-electron chi connectivity index (χ0n) is 8.88. The van der Waals surface area contributed by atoms with Gasteiger partial charge in [-0.1, -0.05) is 0 Å². The fourth-order valence-corrected chi connectivity index (χ4v) is 1.39. The average Bonchev–Trinajstić information content (AvgIpc) is 2.65. The summed E-state index contributed by atoms with van der Waals surface area (Å²) in [5.74, 6) is 0.804. The predicted octanol–water partition coefficient (Wildman–Crippen LogP) is 1.60. The summed E-state index contributed by atoms with van der Waals surface area (Å²) in [6.45, 7) is 3.90. The normalized spacial score (nSPS) is 12.7. The molecule has 0 aliphatic heterocycles. The summed E-state index contributed by atoms with van der Waals surface area (Å²) < 4.78 is 1.75. The van der Waals surface area contributed by atoms with E-state index in [4.69, 9.17) is 5.73 Å². The zero-order chi connectivity index (χ0) is 10.8. The van der Waals surface area contributed by atoms with Crippen molar-refractivity contribution in [3.8, 4) is 5.82 Å². The number of rotatable bonds is 2. The highest BCUT2D eigenvalue weighted by Crippen LogP contribution is 2.12. The number of hydrogen-bond donors (Lipinski definition) is 1. The molecule has 1 atom stereocenters. The van der Waals surface area contributed by atoms with Gasteiger partial charge in [-0.15, -0.1) is 0 Å². The van der Waals surface area contributed by atoms with Crippen LogP contribution in [0.5, 0.6) is 0 Å². The minimum absolute atomic E-state index is 0.0170. The van der Waals surface area contributed by atoms with Gasteiger partial charge in [-0.25, -0.2) is 9.67 Å². The Balaban J connectivity index is 2.41.